The van der Waals surface area contributed by atoms with Crippen LogP contribution in [0.15, 0.2) is 103 Å². The molecule has 5 aromatic carbocycles. The van der Waals surface area contributed by atoms with Crippen LogP contribution in [0.1, 0.15) is 27.8 Å². The SMILES string of the molecule is N#Cc1ccc(C=Cc2c3ccccc3c(C=Cc3ccccc3)c3ccccc23)cc1. The topological polar surface area (TPSA) is 23.8 Å². The fourth-order valence-corrected chi connectivity index (χ4v) is 4.15. The monoisotopic (exact) mass is 407 g/mol. The number of nitriles is 1. The van der Waals surface area contributed by atoms with Gasteiger partial charge in [0, 0.05) is 0 Å². The molecule has 0 N–H and O–H groups in total. The lowest BCUT2D eigenvalue weighted by Crippen LogP contribution is -1.88. The van der Waals surface area contributed by atoms with Crippen molar-refractivity contribution in [2.75, 3.05) is 0 Å². The Morgan fingerprint density at radius 2 is 0.844 bits per heavy atom. The van der Waals surface area contributed by atoms with E-state index in [4.69, 9.17) is 5.26 Å². The number of nitrogens with zero attached hydrogens (tertiary/aromatic N) is 1. The summed E-state index contributed by atoms with van der Waals surface area (Å²) in [4.78, 5) is 0. The molecule has 0 unspecified atom stereocenters. The third-order valence-electron chi connectivity index (χ3n) is 5.74. The Labute approximate surface area is 188 Å². The highest BCUT2D eigenvalue weighted by atomic mass is 14.2. The summed E-state index contributed by atoms with van der Waals surface area (Å²) < 4.78 is 0. The first-order valence-corrected chi connectivity index (χ1v) is 10.7. The van der Waals surface area contributed by atoms with E-state index in [9.17, 15) is 0 Å². The van der Waals surface area contributed by atoms with Gasteiger partial charge in [-0.25, -0.2) is 0 Å². The second-order valence-electron chi connectivity index (χ2n) is 7.73. The molecule has 5 aromatic rings. The molecule has 0 radical (unpaired) electrons. The predicted octanol–water partition coefficient (Wildman–Crippen LogP) is 8.21. The third-order valence-corrected chi connectivity index (χ3v) is 5.74. The van der Waals surface area contributed by atoms with E-state index in [1.807, 2.05) is 30.3 Å². The molecule has 1 nitrogen and oxygen atoms in total. The maximum Gasteiger partial charge on any atom is 0.0991 e. The quantitative estimate of drug-likeness (QED) is 0.217. The van der Waals surface area contributed by atoms with Gasteiger partial charge in [-0.1, -0.05) is 115 Å². The molecule has 32 heavy (non-hydrogen) atoms. The van der Waals surface area contributed by atoms with Gasteiger partial charge in [-0.05, 0) is 55.9 Å². The lowest BCUT2D eigenvalue weighted by molar-refractivity contribution is 1.48. The van der Waals surface area contributed by atoms with Gasteiger partial charge in [0.25, 0.3) is 0 Å². The van der Waals surface area contributed by atoms with E-state index in [1.165, 1.54) is 38.2 Å². The van der Waals surface area contributed by atoms with Crippen LogP contribution in [-0.2, 0) is 0 Å². The summed E-state index contributed by atoms with van der Waals surface area (Å²) in [6.45, 7) is 0. The third kappa shape index (κ3) is 3.83. The average molecular weight is 408 g/mol. The Hall–Kier alpha value is -4.41. The van der Waals surface area contributed by atoms with Gasteiger partial charge in [0.05, 0.1) is 11.6 Å². The fraction of sp³-hybridized carbons (Fsp3) is 0. The highest BCUT2D eigenvalue weighted by molar-refractivity contribution is 6.14. The second-order valence-corrected chi connectivity index (χ2v) is 7.73. The maximum absolute atomic E-state index is 9.04. The van der Waals surface area contributed by atoms with Gasteiger partial charge in [-0.2, -0.15) is 5.26 Å². The van der Waals surface area contributed by atoms with E-state index in [0.29, 0.717) is 5.56 Å². The van der Waals surface area contributed by atoms with Crippen LogP contribution >= 0.6 is 0 Å². The molecule has 0 heterocycles. The van der Waals surface area contributed by atoms with Crippen LogP contribution in [0.5, 0.6) is 0 Å². The molecular weight excluding hydrogens is 386 g/mol. The van der Waals surface area contributed by atoms with E-state index in [2.05, 4.69) is 103 Å². The van der Waals surface area contributed by atoms with Gasteiger partial charge in [-0.15, -0.1) is 0 Å². The summed E-state index contributed by atoms with van der Waals surface area (Å²) in [5, 5.41) is 14.0. The Kier molecular flexibility index (Phi) is 5.35. The molecule has 0 amide bonds. The largest absolute Gasteiger partial charge is 0.192 e. The van der Waals surface area contributed by atoms with Crippen LogP contribution < -0.4 is 0 Å². The second kappa shape index (κ2) is 8.76. The standard InChI is InChI=1S/C31H21N/c32-22-25-16-14-24(15-17-25)19-21-31-28-12-6-4-10-26(28)30(27-11-5-7-13-29(27)31)20-18-23-8-2-1-3-9-23/h1-21H. The molecule has 0 aliphatic heterocycles. The zero-order chi connectivity index (χ0) is 21.8. The van der Waals surface area contributed by atoms with Crippen LogP contribution in [0.4, 0.5) is 0 Å². The molecule has 0 saturated carbocycles. The van der Waals surface area contributed by atoms with Gasteiger partial charge in [0.1, 0.15) is 0 Å². The first-order valence-electron chi connectivity index (χ1n) is 10.7. The summed E-state index contributed by atoms with van der Waals surface area (Å²) in [6, 6.07) is 37.4. The Morgan fingerprint density at radius 3 is 1.28 bits per heavy atom. The lowest BCUT2D eigenvalue weighted by atomic mass is 9.91. The van der Waals surface area contributed by atoms with Crippen LogP contribution in [0.2, 0.25) is 0 Å². The van der Waals surface area contributed by atoms with Crippen LogP contribution in [-0.4, -0.2) is 0 Å². The maximum atomic E-state index is 9.04. The first-order chi connectivity index (χ1) is 15.8. The summed E-state index contributed by atoms with van der Waals surface area (Å²) in [5.74, 6) is 0. The van der Waals surface area contributed by atoms with Gasteiger partial charge in [-0.3, -0.25) is 0 Å². The molecule has 150 valence electrons. The van der Waals surface area contributed by atoms with Crippen molar-refractivity contribution in [3.63, 3.8) is 0 Å². The van der Waals surface area contributed by atoms with Gasteiger partial charge in [0.2, 0.25) is 0 Å². The Balaban J connectivity index is 1.69. The predicted molar refractivity (Wildman–Crippen MR) is 137 cm³/mol. The molecule has 0 aromatic heterocycles. The van der Waals surface area contributed by atoms with Crippen molar-refractivity contribution in [2.45, 2.75) is 0 Å². The number of hydrogen-bond donors (Lipinski definition) is 0. The van der Waals surface area contributed by atoms with Crippen LogP contribution in [0.3, 0.4) is 0 Å². The fourth-order valence-electron chi connectivity index (χ4n) is 4.15. The number of fused-ring (bicyclic) bond motifs is 2. The highest BCUT2D eigenvalue weighted by Crippen LogP contribution is 2.35. The van der Waals surface area contributed by atoms with E-state index >= 15 is 0 Å². The van der Waals surface area contributed by atoms with Crippen LogP contribution in [0, 0.1) is 11.3 Å². The number of benzene rings is 5. The van der Waals surface area contributed by atoms with Crippen LogP contribution in [0.25, 0.3) is 45.8 Å². The van der Waals surface area contributed by atoms with Crippen molar-refractivity contribution >= 4 is 45.8 Å². The minimum atomic E-state index is 0.674. The zero-order valence-electron chi connectivity index (χ0n) is 17.6. The van der Waals surface area contributed by atoms with Crippen molar-refractivity contribution in [1.82, 2.24) is 0 Å². The minimum absolute atomic E-state index is 0.674. The van der Waals surface area contributed by atoms with Gasteiger partial charge in [0.15, 0.2) is 0 Å². The number of rotatable bonds is 4. The molecule has 0 spiro atoms. The highest BCUT2D eigenvalue weighted by Gasteiger charge is 2.10. The summed E-state index contributed by atoms with van der Waals surface area (Å²) in [6.07, 6.45) is 8.72. The van der Waals surface area contributed by atoms with E-state index in [0.717, 1.165) is 5.56 Å². The molecule has 0 atom stereocenters. The normalized spacial score (nSPS) is 11.5. The van der Waals surface area contributed by atoms with Crippen molar-refractivity contribution in [3.8, 4) is 6.07 Å². The van der Waals surface area contributed by atoms with E-state index in [-0.39, 0.29) is 0 Å². The molecule has 0 saturated heterocycles. The van der Waals surface area contributed by atoms with Crippen molar-refractivity contribution in [3.05, 3.63) is 131 Å². The molecule has 0 aliphatic carbocycles. The lowest BCUT2D eigenvalue weighted by Gasteiger charge is -2.13. The summed E-state index contributed by atoms with van der Waals surface area (Å²) in [7, 11) is 0. The van der Waals surface area contributed by atoms with Gasteiger partial charge >= 0.3 is 0 Å². The number of hydrogen-bond acceptors (Lipinski definition) is 1. The molecule has 1 heteroatoms. The molecule has 0 aliphatic rings. The Bertz CT molecular complexity index is 1440. The Morgan fingerprint density at radius 1 is 0.438 bits per heavy atom. The molecular formula is C31H21N. The zero-order valence-corrected chi connectivity index (χ0v) is 17.6. The van der Waals surface area contributed by atoms with Crippen molar-refractivity contribution in [2.24, 2.45) is 0 Å². The van der Waals surface area contributed by atoms with E-state index in [1.54, 1.807) is 0 Å². The van der Waals surface area contributed by atoms with Crippen molar-refractivity contribution in [1.29, 1.82) is 5.26 Å². The van der Waals surface area contributed by atoms with Gasteiger partial charge < -0.3 is 0 Å². The molecule has 0 bridgehead atoms. The molecule has 0 fully saturated rings. The van der Waals surface area contributed by atoms with E-state index < -0.39 is 0 Å². The first kappa shape index (κ1) is 19.5. The average Bonchev–Trinajstić information content (AvgIpc) is 2.87. The summed E-state index contributed by atoms with van der Waals surface area (Å²) in [5.41, 5.74) is 5.37. The summed E-state index contributed by atoms with van der Waals surface area (Å²) >= 11 is 0. The van der Waals surface area contributed by atoms with Crippen molar-refractivity contribution < 1.29 is 0 Å². The minimum Gasteiger partial charge on any atom is -0.192 e. The molecule has 5 rings (SSSR count). The smallest absolute Gasteiger partial charge is 0.0991 e.